The molecule has 0 aliphatic carbocycles. The molecule has 2 aromatic heterocycles. The number of aromatic nitrogens is 3. The van der Waals surface area contributed by atoms with Gasteiger partial charge in [0.1, 0.15) is 5.82 Å². The number of hydrogen-bond donors (Lipinski definition) is 0. The molecule has 4 rings (SSSR count). The van der Waals surface area contributed by atoms with Crippen molar-refractivity contribution in [3.8, 4) is 5.88 Å². The molecule has 3 aromatic rings. The van der Waals surface area contributed by atoms with Crippen LogP contribution in [0.15, 0.2) is 42.7 Å². The van der Waals surface area contributed by atoms with Crippen LogP contribution in [0.1, 0.15) is 5.56 Å². The van der Waals surface area contributed by atoms with Crippen LogP contribution in [0.2, 0.25) is 5.02 Å². The molecule has 1 aliphatic rings. The van der Waals surface area contributed by atoms with Crippen molar-refractivity contribution in [3.63, 3.8) is 0 Å². The molecule has 1 saturated heterocycles. The number of anilines is 1. The van der Waals surface area contributed by atoms with E-state index < -0.39 is 0 Å². The van der Waals surface area contributed by atoms with Gasteiger partial charge in [-0.2, -0.15) is 0 Å². The van der Waals surface area contributed by atoms with Crippen LogP contribution in [-0.4, -0.2) is 53.1 Å². The average molecular weight is 370 g/mol. The molecule has 7 heteroatoms. The standard InChI is InChI=1S/C19H20ClN5O/c1-26-19-5-2-14(11-22-19)13-24-6-8-25(9-7-24)18-12-21-17-10-15(20)3-4-16(17)23-18/h2-5,10-12H,6-9,13H2,1H3. The highest BCUT2D eigenvalue weighted by Crippen LogP contribution is 2.20. The van der Waals surface area contributed by atoms with Crippen LogP contribution in [0.25, 0.3) is 11.0 Å². The molecule has 0 unspecified atom stereocenters. The molecular formula is C19H20ClN5O. The van der Waals surface area contributed by atoms with Crippen LogP contribution in [-0.2, 0) is 6.54 Å². The minimum atomic E-state index is 0.648. The molecule has 0 N–H and O–H groups in total. The fourth-order valence-electron chi connectivity index (χ4n) is 3.14. The quantitative estimate of drug-likeness (QED) is 0.704. The van der Waals surface area contributed by atoms with Crippen LogP contribution >= 0.6 is 11.6 Å². The van der Waals surface area contributed by atoms with Gasteiger partial charge in [0.25, 0.3) is 0 Å². The summed E-state index contributed by atoms with van der Waals surface area (Å²) < 4.78 is 5.11. The van der Waals surface area contributed by atoms with Crippen LogP contribution in [0.5, 0.6) is 5.88 Å². The molecule has 26 heavy (non-hydrogen) atoms. The summed E-state index contributed by atoms with van der Waals surface area (Å²) >= 11 is 6.01. The van der Waals surface area contributed by atoms with Crippen molar-refractivity contribution in [2.45, 2.75) is 6.54 Å². The SMILES string of the molecule is COc1ccc(CN2CCN(c3cnc4cc(Cl)ccc4n3)CC2)cn1. The molecule has 1 aromatic carbocycles. The third-order valence-corrected chi connectivity index (χ3v) is 4.84. The number of pyridine rings is 1. The number of rotatable bonds is 4. The maximum absolute atomic E-state index is 6.01. The Morgan fingerprint density at radius 1 is 1.00 bits per heavy atom. The van der Waals surface area contributed by atoms with Crippen LogP contribution in [0.4, 0.5) is 5.82 Å². The van der Waals surface area contributed by atoms with E-state index in [1.165, 1.54) is 5.56 Å². The van der Waals surface area contributed by atoms with Gasteiger partial charge in [0.2, 0.25) is 5.88 Å². The van der Waals surface area contributed by atoms with Crippen molar-refractivity contribution >= 4 is 28.5 Å². The molecule has 0 spiro atoms. The van der Waals surface area contributed by atoms with E-state index in [9.17, 15) is 0 Å². The Morgan fingerprint density at radius 3 is 2.58 bits per heavy atom. The Kier molecular flexibility index (Phi) is 4.86. The highest BCUT2D eigenvalue weighted by atomic mass is 35.5. The smallest absolute Gasteiger partial charge is 0.212 e. The molecule has 134 valence electrons. The summed E-state index contributed by atoms with van der Waals surface area (Å²) in [7, 11) is 1.63. The largest absolute Gasteiger partial charge is 0.481 e. The third-order valence-electron chi connectivity index (χ3n) is 4.60. The Balaban J connectivity index is 1.39. The molecular weight excluding hydrogens is 350 g/mol. The number of piperazine rings is 1. The summed E-state index contributed by atoms with van der Waals surface area (Å²) in [6.07, 6.45) is 3.72. The van der Waals surface area contributed by atoms with Crippen molar-refractivity contribution in [1.82, 2.24) is 19.9 Å². The summed E-state index contributed by atoms with van der Waals surface area (Å²) in [6.45, 7) is 4.71. The molecule has 1 aliphatic heterocycles. The molecule has 0 radical (unpaired) electrons. The topological polar surface area (TPSA) is 54.4 Å². The lowest BCUT2D eigenvalue weighted by Gasteiger charge is -2.35. The summed E-state index contributed by atoms with van der Waals surface area (Å²) in [4.78, 5) is 18.2. The molecule has 3 heterocycles. The molecule has 1 fully saturated rings. The number of nitrogens with zero attached hydrogens (tertiary/aromatic N) is 5. The van der Waals surface area contributed by atoms with Crippen LogP contribution < -0.4 is 9.64 Å². The van der Waals surface area contributed by atoms with E-state index in [1.54, 1.807) is 7.11 Å². The second-order valence-electron chi connectivity index (χ2n) is 6.33. The summed E-state index contributed by atoms with van der Waals surface area (Å²) in [5, 5.41) is 0.682. The third kappa shape index (κ3) is 3.71. The number of benzene rings is 1. The van der Waals surface area contributed by atoms with Gasteiger partial charge in [-0.05, 0) is 23.8 Å². The van der Waals surface area contributed by atoms with E-state index in [0.717, 1.165) is 49.6 Å². The highest BCUT2D eigenvalue weighted by molar-refractivity contribution is 6.31. The van der Waals surface area contributed by atoms with E-state index in [-0.39, 0.29) is 0 Å². The van der Waals surface area contributed by atoms with Crippen LogP contribution in [0.3, 0.4) is 0 Å². The zero-order chi connectivity index (χ0) is 17.9. The van der Waals surface area contributed by atoms with Gasteiger partial charge in [-0.25, -0.2) is 9.97 Å². The fourth-order valence-corrected chi connectivity index (χ4v) is 3.31. The minimum absolute atomic E-state index is 0.648. The number of fused-ring (bicyclic) bond motifs is 1. The van der Waals surface area contributed by atoms with Gasteiger partial charge in [0, 0.05) is 50.0 Å². The number of ether oxygens (including phenoxy) is 1. The first kappa shape index (κ1) is 17.0. The maximum atomic E-state index is 6.01. The number of methoxy groups -OCH3 is 1. The van der Waals surface area contributed by atoms with E-state index in [0.29, 0.717) is 10.9 Å². The lowest BCUT2D eigenvalue weighted by Crippen LogP contribution is -2.46. The van der Waals surface area contributed by atoms with E-state index in [4.69, 9.17) is 21.3 Å². The Bertz CT molecular complexity index is 894. The zero-order valence-corrected chi connectivity index (χ0v) is 15.4. The fraction of sp³-hybridized carbons (Fsp3) is 0.316. The molecule has 0 bridgehead atoms. The second kappa shape index (κ2) is 7.43. The summed E-state index contributed by atoms with van der Waals surface area (Å²) in [6, 6.07) is 9.58. The van der Waals surface area contributed by atoms with Crippen molar-refractivity contribution in [1.29, 1.82) is 0 Å². The van der Waals surface area contributed by atoms with Crippen molar-refractivity contribution in [3.05, 3.63) is 53.3 Å². The van der Waals surface area contributed by atoms with Gasteiger partial charge in [-0.1, -0.05) is 17.7 Å². The van der Waals surface area contributed by atoms with Gasteiger partial charge in [0.05, 0.1) is 24.3 Å². The monoisotopic (exact) mass is 369 g/mol. The first-order valence-electron chi connectivity index (χ1n) is 8.60. The second-order valence-corrected chi connectivity index (χ2v) is 6.77. The number of halogens is 1. The summed E-state index contributed by atoms with van der Waals surface area (Å²) in [5.41, 5.74) is 2.90. The molecule has 6 nitrogen and oxygen atoms in total. The van der Waals surface area contributed by atoms with Crippen molar-refractivity contribution < 1.29 is 4.74 Å². The van der Waals surface area contributed by atoms with E-state index in [2.05, 4.69) is 25.8 Å². The first-order valence-corrected chi connectivity index (χ1v) is 8.97. The van der Waals surface area contributed by atoms with E-state index >= 15 is 0 Å². The average Bonchev–Trinajstić information content (AvgIpc) is 2.69. The lowest BCUT2D eigenvalue weighted by atomic mass is 10.2. The highest BCUT2D eigenvalue weighted by Gasteiger charge is 2.19. The van der Waals surface area contributed by atoms with Crippen molar-refractivity contribution in [2.75, 3.05) is 38.2 Å². The van der Waals surface area contributed by atoms with Gasteiger partial charge in [-0.15, -0.1) is 0 Å². The Morgan fingerprint density at radius 2 is 1.85 bits per heavy atom. The van der Waals surface area contributed by atoms with Gasteiger partial charge >= 0.3 is 0 Å². The molecule has 0 saturated carbocycles. The number of hydrogen-bond acceptors (Lipinski definition) is 6. The lowest BCUT2D eigenvalue weighted by molar-refractivity contribution is 0.249. The predicted octanol–water partition coefficient (Wildman–Crippen LogP) is 3.01. The molecule has 0 amide bonds. The summed E-state index contributed by atoms with van der Waals surface area (Å²) in [5.74, 6) is 1.57. The van der Waals surface area contributed by atoms with Gasteiger partial charge < -0.3 is 9.64 Å². The predicted molar refractivity (Wildman–Crippen MR) is 103 cm³/mol. The van der Waals surface area contributed by atoms with Crippen molar-refractivity contribution in [2.24, 2.45) is 0 Å². The zero-order valence-electron chi connectivity index (χ0n) is 14.6. The maximum Gasteiger partial charge on any atom is 0.212 e. The van der Waals surface area contributed by atoms with Gasteiger partial charge in [0.15, 0.2) is 0 Å². The van der Waals surface area contributed by atoms with E-state index in [1.807, 2.05) is 36.7 Å². The van der Waals surface area contributed by atoms with Gasteiger partial charge in [-0.3, -0.25) is 9.88 Å². The minimum Gasteiger partial charge on any atom is -0.481 e. The molecule has 0 atom stereocenters. The van der Waals surface area contributed by atoms with Crippen LogP contribution in [0, 0.1) is 0 Å². The Hall–Kier alpha value is -2.44. The normalized spacial score (nSPS) is 15.4. The Labute approximate surface area is 157 Å². The first-order chi connectivity index (χ1) is 12.7.